The zero-order valence-electron chi connectivity index (χ0n) is 15.6. The summed E-state index contributed by atoms with van der Waals surface area (Å²) >= 11 is 0. The normalized spacial score (nSPS) is 11.0. The average molecular weight is 361 g/mol. The van der Waals surface area contributed by atoms with Gasteiger partial charge in [-0.2, -0.15) is 0 Å². The third-order valence-electron chi connectivity index (χ3n) is 4.64. The van der Waals surface area contributed by atoms with Crippen molar-refractivity contribution in [2.24, 2.45) is 0 Å². The van der Waals surface area contributed by atoms with Crippen LogP contribution in [0.25, 0.3) is 0 Å². The Kier molecular flexibility index (Phi) is 7.40. The number of pyridine rings is 1. The molecule has 2 heteroatoms. The van der Waals surface area contributed by atoms with E-state index in [1.807, 2.05) is 6.20 Å². The van der Waals surface area contributed by atoms with Crippen molar-refractivity contribution in [3.8, 4) is 0 Å². The molecule has 0 aliphatic carbocycles. The molecule has 0 amide bonds. The number of aromatic nitrogens is 1. The highest BCUT2D eigenvalue weighted by Gasteiger charge is 2.17. The van der Waals surface area contributed by atoms with Gasteiger partial charge in [-0.25, -0.2) is 0 Å². The molecule has 3 rings (SSSR count). The molecule has 0 spiro atoms. The monoisotopic (exact) mass is 361 g/mol. The maximum atomic E-state index is 4.78. The topological polar surface area (TPSA) is 12.9 Å². The van der Waals surface area contributed by atoms with Gasteiger partial charge in [-0.15, -0.1) is 0 Å². The van der Waals surface area contributed by atoms with E-state index >= 15 is 0 Å². The van der Waals surface area contributed by atoms with Gasteiger partial charge in [-0.05, 0) is 41.1 Å². The summed E-state index contributed by atoms with van der Waals surface area (Å²) in [6.07, 6.45) is 9.78. The van der Waals surface area contributed by atoms with Crippen molar-refractivity contribution in [2.75, 3.05) is 0 Å². The smallest absolute Gasteiger partial charge is 0.0723 e. The summed E-state index contributed by atoms with van der Waals surface area (Å²) in [6, 6.07) is 26.2. The number of benzene rings is 2. The minimum absolute atomic E-state index is 0.598. The van der Waals surface area contributed by atoms with Crippen LogP contribution < -0.4 is 16.0 Å². The Balaban J connectivity index is 1.82. The summed E-state index contributed by atoms with van der Waals surface area (Å²) in [5, 5.41) is 2.72. The summed E-state index contributed by atoms with van der Waals surface area (Å²) in [7, 11) is -0.598. The van der Waals surface area contributed by atoms with Gasteiger partial charge in [0.2, 0.25) is 0 Å². The molecule has 1 heterocycles. The maximum Gasteiger partial charge on any atom is 0.0723 e. The molecule has 0 radical (unpaired) electrons. The second-order valence-corrected chi connectivity index (χ2v) is 8.85. The van der Waals surface area contributed by atoms with E-state index in [-0.39, 0.29) is 0 Å². The second-order valence-electron chi connectivity index (χ2n) is 6.69. The molecule has 0 aliphatic rings. The zero-order valence-corrected chi connectivity index (χ0v) is 16.5. The zero-order chi connectivity index (χ0) is 18.0. The van der Waals surface area contributed by atoms with Crippen LogP contribution in [-0.2, 0) is 6.42 Å². The number of aryl methyl sites for hydroxylation is 1. The Morgan fingerprint density at radius 2 is 1.35 bits per heavy atom. The fourth-order valence-corrected chi connectivity index (χ4v) is 5.48. The first-order valence-electron chi connectivity index (χ1n) is 9.73. The summed E-state index contributed by atoms with van der Waals surface area (Å²) in [5.41, 5.74) is 2.63. The maximum absolute atomic E-state index is 4.78. The predicted molar refractivity (Wildman–Crippen MR) is 115 cm³/mol. The number of hydrogen-bond donors (Lipinski definition) is 0. The van der Waals surface area contributed by atoms with E-state index in [0.29, 0.717) is 0 Å². The second kappa shape index (κ2) is 10.2. The van der Waals surface area contributed by atoms with Crippen molar-refractivity contribution < 1.29 is 0 Å². The largest absolute Gasteiger partial charge is 0.256 e. The van der Waals surface area contributed by atoms with Gasteiger partial charge in [0.25, 0.3) is 0 Å². The third kappa shape index (κ3) is 5.26. The first-order valence-corrected chi connectivity index (χ1v) is 11.1. The van der Waals surface area contributed by atoms with E-state index in [9.17, 15) is 0 Å². The first kappa shape index (κ1) is 18.8. The molecular weight excluding hydrogens is 333 g/mol. The van der Waals surface area contributed by atoms with E-state index in [0.717, 1.165) is 6.42 Å². The van der Waals surface area contributed by atoms with Gasteiger partial charge >= 0.3 is 0 Å². The minimum Gasteiger partial charge on any atom is -0.256 e. The van der Waals surface area contributed by atoms with Gasteiger partial charge in [-0.3, -0.25) is 4.98 Å². The summed E-state index contributed by atoms with van der Waals surface area (Å²) in [4.78, 5) is 4.78. The van der Waals surface area contributed by atoms with E-state index in [2.05, 4.69) is 79.7 Å². The fourth-order valence-electron chi connectivity index (χ4n) is 3.24. The molecule has 134 valence electrons. The van der Waals surface area contributed by atoms with Crippen LogP contribution >= 0.6 is 7.92 Å². The molecule has 1 nitrogen and oxygen atoms in total. The van der Waals surface area contributed by atoms with Crippen molar-refractivity contribution in [2.45, 2.75) is 45.4 Å². The lowest BCUT2D eigenvalue weighted by Crippen LogP contribution is -2.23. The molecule has 2 aromatic carbocycles. The minimum atomic E-state index is -0.598. The van der Waals surface area contributed by atoms with Crippen LogP contribution in [0.1, 0.15) is 44.6 Å². The first-order chi connectivity index (χ1) is 12.9. The van der Waals surface area contributed by atoms with E-state index in [4.69, 9.17) is 4.98 Å². The molecular formula is C24H28NP. The molecule has 0 bridgehead atoms. The highest BCUT2D eigenvalue weighted by molar-refractivity contribution is 7.79. The quantitative estimate of drug-likeness (QED) is 0.370. The lowest BCUT2D eigenvalue weighted by Gasteiger charge is -2.18. The van der Waals surface area contributed by atoms with Crippen molar-refractivity contribution >= 4 is 24.0 Å². The van der Waals surface area contributed by atoms with E-state index < -0.39 is 7.92 Å². The van der Waals surface area contributed by atoms with Crippen LogP contribution in [0.4, 0.5) is 0 Å². The number of rotatable bonds is 9. The van der Waals surface area contributed by atoms with E-state index in [1.54, 1.807) is 0 Å². The lowest BCUT2D eigenvalue weighted by molar-refractivity contribution is 0.632. The van der Waals surface area contributed by atoms with Gasteiger partial charge in [0.15, 0.2) is 0 Å². The molecule has 0 saturated heterocycles. The molecule has 0 N–H and O–H groups in total. The van der Waals surface area contributed by atoms with Crippen LogP contribution in [0.3, 0.4) is 0 Å². The van der Waals surface area contributed by atoms with E-state index in [1.165, 1.54) is 53.7 Å². The summed E-state index contributed by atoms with van der Waals surface area (Å²) in [6.45, 7) is 2.27. The highest BCUT2D eigenvalue weighted by atomic mass is 31.1. The van der Waals surface area contributed by atoms with Crippen molar-refractivity contribution in [1.29, 1.82) is 0 Å². The van der Waals surface area contributed by atoms with Crippen LogP contribution in [0, 0.1) is 0 Å². The van der Waals surface area contributed by atoms with Gasteiger partial charge in [0, 0.05) is 14.1 Å². The van der Waals surface area contributed by atoms with Gasteiger partial charge in [-0.1, -0.05) is 93.3 Å². The Morgan fingerprint density at radius 1 is 0.731 bits per heavy atom. The van der Waals surface area contributed by atoms with Crippen LogP contribution in [-0.4, -0.2) is 4.98 Å². The molecule has 0 unspecified atom stereocenters. The standard InChI is InChI=1S/C24H28NP/c1-2-3-4-5-8-13-21-18-19-25-24(20-21)26(22-14-9-6-10-15-22)23-16-11-7-12-17-23/h6-7,9-12,14-20H,2-5,8,13H2,1H3. The lowest BCUT2D eigenvalue weighted by atomic mass is 10.1. The van der Waals surface area contributed by atoms with Crippen molar-refractivity contribution in [3.63, 3.8) is 0 Å². The Labute approximate surface area is 159 Å². The summed E-state index contributed by atoms with van der Waals surface area (Å²) < 4.78 is 0. The van der Waals surface area contributed by atoms with Gasteiger partial charge in [0.1, 0.15) is 0 Å². The molecule has 0 atom stereocenters. The number of hydrogen-bond acceptors (Lipinski definition) is 1. The van der Waals surface area contributed by atoms with Crippen LogP contribution in [0.2, 0.25) is 0 Å². The fraction of sp³-hybridized carbons (Fsp3) is 0.292. The van der Waals surface area contributed by atoms with Gasteiger partial charge < -0.3 is 0 Å². The SMILES string of the molecule is CCCCCCCc1ccnc(P(c2ccccc2)c2ccccc2)c1. The molecule has 0 aliphatic heterocycles. The number of unbranched alkanes of at least 4 members (excludes halogenated alkanes) is 4. The molecule has 3 aromatic rings. The molecule has 1 aromatic heterocycles. The average Bonchev–Trinajstić information content (AvgIpc) is 2.70. The van der Waals surface area contributed by atoms with Crippen molar-refractivity contribution in [1.82, 2.24) is 4.98 Å². The Morgan fingerprint density at radius 3 is 1.96 bits per heavy atom. The Hall–Kier alpha value is -1.98. The van der Waals surface area contributed by atoms with Crippen molar-refractivity contribution in [3.05, 3.63) is 84.6 Å². The third-order valence-corrected chi connectivity index (χ3v) is 6.97. The van der Waals surface area contributed by atoms with Crippen LogP contribution in [0.15, 0.2) is 79.0 Å². The molecule has 0 fully saturated rings. The summed E-state index contributed by atoms with van der Waals surface area (Å²) in [5.74, 6) is 0. The van der Waals surface area contributed by atoms with Crippen LogP contribution in [0.5, 0.6) is 0 Å². The van der Waals surface area contributed by atoms with Gasteiger partial charge in [0.05, 0.1) is 5.44 Å². The molecule has 26 heavy (non-hydrogen) atoms. The molecule has 0 saturated carbocycles. The Bertz CT molecular complexity index is 731. The highest BCUT2D eigenvalue weighted by Crippen LogP contribution is 2.31. The predicted octanol–water partition coefficient (Wildman–Crippen LogP) is 5.35. The number of nitrogens with zero attached hydrogens (tertiary/aromatic N) is 1.